The first-order valence-electron chi connectivity index (χ1n) is 5.57. The second-order valence-electron chi connectivity index (χ2n) is 3.66. The van der Waals surface area contributed by atoms with Crippen LogP contribution in [0, 0.1) is 6.92 Å². The SMILES string of the molecule is CCOC(=O)c1nc(C)n(-c2cccnc2)c1N. The molecule has 2 heterocycles. The third-order valence-corrected chi connectivity index (χ3v) is 2.45. The van der Waals surface area contributed by atoms with Gasteiger partial charge in [0.15, 0.2) is 5.69 Å². The number of hydrogen-bond acceptors (Lipinski definition) is 5. The lowest BCUT2D eigenvalue weighted by molar-refractivity contribution is 0.0521. The molecule has 0 fully saturated rings. The summed E-state index contributed by atoms with van der Waals surface area (Å²) < 4.78 is 6.57. The number of nitrogen functional groups attached to an aromatic ring is 1. The normalized spacial score (nSPS) is 10.3. The smallest absolute Gasteiger partial charge is 0.360 e. The summed E-state index contributed by atoms with van der Waals surface area (Å²) in [6.45, 7) is 3.79. The Morgan fingerprint density at radius 3 is 2.94 bits per heavy atom. The zero-order valence-electron chi connectivity index (χ0n) is 10.3. The summed E-state index contributed by atoms with van der Waals surface area (Å²) in [5.74, 6) is 0.364. The number of carbonyl (C=O) groups excluding carboxylic acids is 1. The number of esters is 1. The number of rotatable bonds is 3. The molecule has 94 valence electrons. The van der Waals surface area contributed by atoms with Crippen molar-refractivity contribution in [3.05, 3.63) is 36.0 Å². The molecule has 2 N–H and O–H groups in total. The molecule has 0 aliphatic heterocycles. The number of carbonyl (C=O) groups is 1. The van der Waals surface area contributed by atoms with Gasteiger partial charge in [-0.05, 0) is 26.0 Å². The van der Waals surface area contributed by atoms with Gasteiger partial charge in [-0.2, -0.15) is 0 Å². The molecular weight excluding hydrogens is 232 g/mol. The number of hydrogen-bond donors (Lipinski definition) is 1. The van der Waals surface area contributed by atoms with E-state index < -0.39 is 5.97 Å². The van der Waals surface area contributed by atoms with Gasteiger partial charge in [-0.3, -0.25) is 9.55 Å². The maximum absolute atomic E-state index is 11.7. The topological polar surface area (TPSA) is 83.0 Å². The van der Waals surface area contributed by atoms with Gasteiger partial charge >= 0.3 is 5.97 Å². The number of anilines is 1. The van der Waals surface area contributed by atoms with Crippen molar-refractivity contribution in [1.29, 1.82) is 0 Å². The Morgan fingerprint density at radius 1 is 1.56 bits per heavy atom. The van der Waals surface area contributed by atoms with Crippen LogP contribution in [0.15, 0.2) is 24.5 Å². The van der Waals surface area contributed by atoms with Gasteiger partial charge in [0.25, 0.3) is 0 Å². The van der Waals surface area contributed by atoms with Crippen molar-refractivity contribution in [3.63, 3.8) is 0 Å². The summed E-state index contributed by atoms with van der Waals surface area (Å²) >= 11 is 0. The highest BCUT2D eigenvalue weighted by atomic mass is 16.5. The van der Waals surface area contributed by atoms with Crippen LogP contribution in [0.3, 0.4) is 0 Å². The van der Waals surface area contributed by atoms with Gasteiger partial charge in [-0.1, -0.05) is 0 Å². The molecule has 0 spiro atoms. The standard InChI is InChI=1S/C12H14N4O2/c1-3-18-12(17)10-11(13)16(8(2)15-10)9-5-4-6-14-7-9/h4-7H,3,13H2,1-2H3. The van der Waals surface area contributed by atoms with Crippen LogP contribution in [0.5, 0.6) is 0 Å². The second-order valence-corrected chi connectivity index (χ2v) is 3.66. The van der Waals surface area contributed by atoms with Crippen molar-refractivity contribution in [2.45, 2.75) is 13.8 Å². The van der Waals surface area contributed by atoms with E-state index in [4.69, 9.17) is 10.5 Å². The predicted molar refractivity (Wildman–Crippen MR) is 66.5 cm³/mol. The number of pyridine rings is 1. The highest BCUT2D eigenvalue weighted by molar-refractivity contribution is 5.92. The van der Waals surface area contributed by atoms with E-state index in [1.54, 1.807) is 36.9 Å². The summed E-state index contributed by atoms with van der Waals surface area (Å²) in [5.41, 5.74) is 6.84. The monoisotopic (exact) mass is 246 g/mol. The van der Waals surface area contributed by atoms with E-state index in [0.717, 1.165) is 5.69 Å². The lowest BCUT2D eigenvalue weighted by atomic mass is 10.4. The van der Waals surface area contributed by atoms with Crippen molar-refractivity contribution in [3.8, 4) is 5.69 Å². The molecule has 0 bridgehead atoms. The molecule has 0 saturated carbocycles. The van der Waals surface area contributed by atoms with Crippen LogP contribution >= 0.6 is 0 Å². The lowest BCUT2D eigenvalue weighted by Crippen LogP contribution is -2.09. The van der Waals surface area contributed by atoms with Crippen LogP contribution in [0.1, 0.15) is 23.2 Å². The van der Waals surface area contributed by atoms with Gasteiger partial charge in [-0.15, -0.1) is 0 Å². The Bertz CT molecular complexity index is 563. The van der Waals surface area contributed by atoms with Crippen molar-refractivity contribution in [1.82, 2.24) is 14.5 Å². The van der Waals surface area contributed by atoms with Crippen LogP contribution in [-0.4, -0.2) is 27.1 Å². The molecule has 0 atom stereocenters. The average Bonchev–Trinajstić information content (AvgIpc) is 2.66. The molecule has 2 rings (SSSR count). The number of aromatic nitrogens is 3. The van der Waals surface area contributed by atoms with E-state index >= 15 is 0 Å². The molecular formula is C12H14N4O2. The molecule has 0 saturated heterocycles. The van der Waals surface area contributed by atoms with Crippen molar-refractivity contribution < 1.29 is 9.53 Å². The fourth-order valence-corrected chi connectivity index (χ4v) is 1.71. The van der Waals surface area contributed by atoms with Gasteiger partial charge in [0.2, 0.25) is 0 Å². The maximum Gasteiger partial charge on any atom is 0.360 e. The Hall–Kier alpha value is -2.37. The van der Waals surface area contributed by atoms with Crippen molar-refractivity contribution in [2.24, 2.45) is 0 Å². The van der Waals surface area contributed by atoms with Gasteiger partial charge in [0.05, 0.1) is 18.5 Å². The highest BCUT2D eigenvalue weighted by Gasteiger charge is 2.20. The maximum atomic E-state index is 11.7. The van der Waals surface area contributed by atoms with Crippen LogP contribution < -0.4 is 5.73 Å². The summed E-state index contributed by atoms with van der Waals surface area (Å²) in [4.78, 5) is 19.8. The highest BCUT2D eigenvalue weighted by Crippen LogP contribution is 2.20. The first-order valence-corrected chi connectivity index (χ1v) is 5.57. The Labute approximate surface area is 104 Å². The third-order valence-electron chi connectivity index (χ3n) is 2.45. The summed E-state index contributed by atoms with van der Waals surface area (Å²) in [6, 6.07) is 3.63. The van der Waals surface area contributed by atoms with Crippen LogP contribution in [0.25, 0.3) is 5.69 Å². The van der Waals surface area contributed by atoms with E-state index in [1.807, 2.05) is 6.07 Å². The van der Waals surface area contributed by atoms with E-state index in [1.165, 1.54) is 0 Å². The summed E-state index contributed by atoms with van der Waals surface area (Å²) in [7, 11) is 0. The number of imidazole rings is 1. The van der Waals surface area contributed by atoms with Gasteiger partial charge < -0.3 is 10.5 Å². The van der Waals surface area contributed by atoms with Crippen LogP contribution in [0.4, 0.5) is 5.82 Å². The van der Waals surface area contributed by atoms with E-state index in [2.05, 4.69) is 9.97 Å². The summed E-state index contributed by atoms with van der Waals surface area (Å²) in [5, 5.41) is 0. The summed E-state index contributed by atoms with van der Waals surface area (Å²) in [6.07, 6.45) is 3.32. The first-order chi connectivity index (χ1) is 8.65. The van der Waals surface area contributed by atoms with E-state index in [0.29, 0.717) is 5.82 Å². The Balaban J connectivity index is 2.48. The zero-order valence-corrected chi connectivity index (χ0v) is 10.3. The van der Waals surface area contributed by atoms with Crippen LogP contribution in [0.2, 0.25) is 0 Å². The number of ether oxygens (including phenoxy) is 1. The van der Waals surface area contributed by atoms with E-state index in [-0.39, 0.29) is 18.1 Å². The predicted octanol–water partition coefficient (Wildman–Crippen LogP) is 1.33. The number of nitrogens with two attached hydrogens (primary N) is 1. The first kappa shape index (κ1) is 12.1. The Kier molecular flexibility index (Phi) is 3.27. The minimum absolute atomic E-state index is 0.137. The zero-order chi connectivity index (χ0) is 13.1. The molecule has 2 aromatic heterocycles. The number of nitrogens with zero attached hydrogens (tertiary/aromatic N) is 3. The fraction of sp³-hybridized carbons (Fsp3) is 0.250. The average molecular weight is 246 g/mol. The van der Waals surface area contributed by atoms with Crippen molar-refractivity contribution >= 4 is 11.8 Å². The molecule has 0 unspecified atom stereocenters. The van der Waals surface area contributed by atoms with E-state index in [9.17, 15) is 4.79 Å². The minimum Gasteiger partial charge on any atom is -0.461 e. The largest absolute Gasteiger partial charge is 0.461 e. The molecule has 18 heavy (non-hydrogen) atoms. The Morgan fingerprint density at radius 2 is 2.33 bits per heavy atom. The fourth-order valence-electron chi connectivity index (χ4n) is 1.71. The quantitative estimate of drug-likeness (QED) is 0.826. The molecule has 0 aliphatic carbocycles. The number of aryl methyl sites for hydroxylation is 1. The second kappa shape index (κ2) is 4.87. The van der Waals surface area contributed by atoms with Crippen molar-refractivity contribution in [2.75, 3.05) is 12.3 Å². The molecule has 2 aromatic rings. The molecule has 6 heteroatoms. The molecule has 0 aliphatic rings. The molecule has 0 amide bonds. The molecule has 0 radical (unpaired) electrons. The lowest BCUT2D eigenvalue weighted by Gasteiger charge is -2.06. The molecule has 6 nitrogen and oxygen atoms in total. The third kappa shape index (κ3) is 2.04. The minimum atomic E-state index is -0.513. The van der Waals surface area contributed by atoms with Gasteiger partial charge in [-0.25, -0.2) is 9.78 Å². The van der Waals surface area contributed by atoms with Gasteiger partial charge in [0.1, 0.15) is 11.6 Å². The van der Waals surface area contributed by atoms with Crippen LogP contribution in [-0.2, 0) is 4.74 Å². The molecule has 0 aromatic carbocycles. The van der Waals surface area contributed by atoms with Gasteiger partial charge in [0, 0.05) is 6.20 Å².